The molecule has 0 aromatic heterocycles. The van der Waals surface area contributed by atoms with Crippen molar-refractivity contribution < 1.29 is 14.6 Å². The Morgan fingerprint density at radius 1 is 1.58 bits per heavy atom. The van der Waals surface area contributed by atoms with Gasteiger partial charge in [0.1, 0.15) is 5.75 Å². The van der Waals surface area contributed by atoms with Crippen LogP contribution in [0.1, 0.15) is 10.4 Å². The van der Waals surface area contributed by atoms with Gasteiger partial charge in [-0.05, 0) is 34.1 Å². The monoisotopic (exact) mass is 328 g/mol. The predicted molar refractivity (Wildman–Crippen MR) is 75.4 cm³/mol. The number of methoxy groups -OCH3 is 1. The number of aliphatic hydroxyl groups is 1. The first-order valence-corrected chi connectivity index (χ1v) is 6.91. The van der Waals surface area contributed by atoms with Gasteiger partial charge < -0.3 is 20.5 Å². The molecule has 3 N–H and O–H groups in total. The van der Waals surface area contributed by atoms with E-state index in [1.165, 1.54) is 0 Å². The Hall–Kier alpha value is -1.11. The van der Waals surface area contributed by atoms with Gasteiger partial charge in [-0.15, -0.1) is 0 Å². The molecule has 2 atom stereocenters. The predicted octanol–water partition coefficient (Wildman–Crippen LogP) is 0.768. The third-order valence-corrected chi connectivity index (χ3v) is 3.94. The molecule has 0 radical (unpaired) electrons. The van der Waals surface area contributed by atoms with Gasteiger partial charge in [0.15, 0.2) is 0 Å². The molecule has 6 heteroatoms. The second-order valence-corrected chi connectivity index (χ2v) is 5.40. The lowest BCUT2D eigenvalue weighted by molar-refractivity contribution is 0.0926. The fraction of sp³-hybridized carbons (Fsp3) is 0.462. The van der Waals surface area contributed by atoms with Crippen LogP contribution in [0.3, 0.4) is 0 Å². The van der Waals surface area contributed by atoms with Crippen molar-refractivity contribution in [1.82, 2.24) is 10.6 Å². The molecular weight excluding hydrogens is 312 g/mol. The molecule has 1 aliphatic rings. The fourth-order valence-corrected chi connectivity index (χ4v) is 2.48. The largest absolute Gasteiger partial charge is 0.497 e. The van der Waals surface area contributed by atoms with Crippen LogP contribution in [-0.4, -0.2) is 43.9 Å². The van der Waals surface area contributed by atoms with Crippen LogP contribution in [-0.2, 0) is 0 Å². The minimum absolute atomic E-state index is 0.0633. The summed E-state index contributed by atoms with van der Waals surface area (Å²) in [5.41, 5.74) is 0.528. The number of rotatable bonds is 4. The van der Waals surface area contributed by atoms with Crippen molar-refractivity contribution in [3.63, 3.8) is 0 Å². The number of aliphatic hydroxyl groups excluding tert-OH is 1. The summed E-state index contributed by atoms with van der Waals surface area (Å²) in [7, 11) is 1.56. The topological polar surface area (TPSA) is 70.6 Å². The highest BCUT2D eigenvalue weighted by molar-refractivity contribution is 9.10. The van der Waals surface area contributed by atoms with Crippen LogP contribution >= 0.6 is 15.9 Å². The number of β-amino-alcohol motifs (C(OH)–C–C–N with tert-alkyl or cyclic N) is 1. The number of carbonyl (C=O) groups is 1. The molecule has 1 heterocycles. The van der Waals surface area contributed by atoms with Crippen molar-refractivity contribution >= 4 is 21.8 Å². The summed E-state index contributed by atoms with van der Waals surface area (Å²) in [6.07, 6.45) is -0.394. The summed E-state index contributed by atoms with van der Waals surface area (Å²) in [4.78, 5) is 12.1. The van der Waals surface area contributed by atoms with Crippen molar-refractivity contribution in [2.24, 2.45) is 5.92 Å². The van der Waals surface area contributed by atoms with E-state index in [1.54, 1.807) is 25.3 Å². The highest BCUT2D eigenvalue weighted by Crippen LogP contribution is 2.22. The van der Waals surface area contributed by atoms with E-state index in [0.29, 0.717) is 24.4 Å². The molecule has 2 unspecified atom stereocenters. The first kappa shape index (κ1) is 14.3. The van der Waals surface area contributed by atoms with Crippen molar-refractivity contribution in [3.8, 4) is 5.75 Å². The molecule has 0 saturated carbocycles. The highest BCUT2D eigenvalue weighted by Gasteiger charge is 2.25. The molecule has 0 bridgehead atoms. The fourth-order valence-electron chi connectivity index (χ4n) is 2.05. The summed E-state index contributed by atoms with van der Waals surface area (Å²) in [6.45, 7) is 1.76. The summed E-state index contributed by atoms with van der Waals surface area (Å²) >= 11 is 3.35. The second kappa shape index (κ2) is 6.36. The number of nitrogens with one attached hydrogen (secondary N) is 2. The van der Waals surface area contributed by atoms with Crippen LogP contribution in [0.5, 0.6) is 5.75 Å². The molecule has 104 valence electrons. The number of hydrogen-bond acceptors (Lipinski definition) is 4. The van der Waals surface area contributed by atoms with E-state index in [4.69, 9.17) is 4.74 Å². The number of halogens is 1. The standard InChI is InChI=1S/C13H17BrN2O3/c1-19-9-2-3-11(14)10(4-9)13(18)16-6-8-5-15-7-12(8)17/h2-4,8,12,15,17H,5-7H2,1H3,(H,16,18). The van der Waals surface area contributed by atoms with Crippen molar-refractivity contribution in [2.75, 3.05) is 26.7 Å². The Balaban J connectivity index is 1.99. The first-order valence-electron chi connectivity index (χ1n) is 6.12. The van der Waals surface area contributed by atoms with E-state index in [9.17, 15) is 9.90 Å². The molecular formula is C13H17BrN2O3. The van der Waals surface area contributed by atoms with Gasteiger partial charge >= 0.3 is 0 Å². The number of amides is 1. The van der Waals surface area contributed by atoms with E-state index in [-0.39, 0.29) is 11.8 Å². The number of benzene rings is 1. The van der Waals surface area contributed by atoms with Gasteiger partial charge in [0.05, 0.1) is 18.8 Å². The Morgan fingerprint density at radius 2 is 2.37 bits per heavy atom. The first-order chi connectivity index (χ1) is 9.11. The van der Waals surface area contributed by atoms with Crippen molar-refractivity contribution in [1.29, 1.82) is 0 Å². The Kier molecular flexibility index (Phi) is 4.79. The zero-order chi connectivity index (χ0) is 13.8. The van der Waals surface area contributed by atoms with Crippen molar-refractivity contribution in [3.05, 3.63) is 28.2 Å². The van der Waals surface area contributed by atoms with E-state index < -0.39 is 6.10 Å². The average molecular weight is 329 g/mol. The molecule has 19 heavy (non-hydrogen) atoms. The number of carbonyl (C=O) groups excluding carboxylic acids is 1. The molecule has 5 nitrogen and oxygen atoms in total. The van der Waals surface area contributed by atoms with Gasteiger partial charge in [-0.25, -0.2) is 0 Å². The summed E-state index contributed by atoms with van der Waals surface area (Å²) in [5, 5.41) is 15.6. The lowest BCUT2D eigenvalue weighted by Crippen LogP contribution is -2.34. The Labute approximate surface area is 120 Å². The molecule has 1 amide bonds. The SMILES string of the molecule is COc1ccc(Br)c(C(=O)NCC2CNCC2O)c1. The lowest BCUT2D eigenvalue weighted by Gasteiger charge is -2.14. The molecule has 1 fully saturated rings. The average Bonchev–Trinajstić information content (AvgIpc) is 2.82. The van der Waals surface area contributed by atoms with Crippen molar-refractivity contribution in [2.45, 2.75) is 6.10 Å². The van der Waals surface area contributed by atoms with Gasteiger partial charge in [-0.2, -0.15) is 0 Å². The van der Waals surface area contributed by atoms with Gasteiger partial charge in [0.25, 0.3) is 5.91 Å². The Morgan fingerprint density at radius 3 is 3.00 bits per heavy atom. The third-order valence-electron chi connectivity index (χ3n) is 3.25. The maximum absolute atomic E-state index is 12.1. The molecule has 1 saturated heterocycles. The molecule has 2 rings (SSSR count). The normalized spacial score (nSPS) is 22.3. The van der Waals surface area contributed by atoms with Gasteiger partial charge in [-0.1, -0.05) is 0 Å². The van der Waals surface area contributed by atoms with Crippen LogP contribution in [0, 0.1) is 5.92 Å². The zero-order valence-corrected chi connectivity index (χ0v) is 12.2. The summed E-state index contributed by atoms with van der Waals surface area (Å²) in [5.74, 6) is 0.522. The minimum Gasteiger partial charge on any atom is -0.497 e. The van der Waals surface area contributed by atoms with E-state index >= 15 is 0 Å². The quantitative estimate of drug-likeness (QED) is 0.763. The maximum Gasteiger partial charge on any atom is 0.252 e. The lowest BCUT2D eigenvalue weighted by atomic mass is 10.1. The third kappa shape index (κ3) is 3.46. The smallest absolute Gasteiger partial charge is 0.252 e. The Bertz CT molecular complexity index is 467. The van der Waals surface area contributed by atoms with E-state index in [2.05, 4.69) is 26.6 Å². The molecule has 0 aliphatic carbocycles. The van der Waals surface area contributed by atoms with Crippen LogP contribution < -0.4 is 15.4 Å². The molecule has 1 aromatic rings. The summed E-state index contributed by atoms with van der Waals surface area (Å²) in [6, 6.07) is 5.24. The maximum atomic E-state index is 12.1. The van der Waals surface area contributed by atoms with Gasteiger partial charge in [-0.3, -0.25) is 4.79 Å². The minimum atomic E-state index is -0.394. The highest BCUT2D eigenvalue weighted by atomic mass is 79.9. The second-order valence-electron chi connectivity index (χ2n) is 4.54. The van der Waals surface area contributed by atoms with Crippen LogP contribution in [0.2, 0.25) is 0 Å². The van der Waals surface area contributed by atoms with Gasteiger partial charge in [0, 0.05) is 30.0 Å². The molecule has 1 aliphatic heterocycles. The van der Waals surface area contributed by atoms with E-state index in [0.717, 1.165) is 11.0 Å². The van der Waals surface area contributed by atoms with Crippen LogP contribution in [0.25, 0.3) is 0 Å². The molecule has 1 aromatic carbocycles. The van der Waals surface area contributed by atoms with E-state index in [1.807, 2.05) is 0 Å². The van der Waals surface area contributed by atoms with Crippen LogP contribution in [0.15, 0.2) is 22.7 Å². The number of hydrogen-bond donors (Lipinski definition) is 3. The number of ether oxygens (including phenoxy) is 1. The molecule has 0 spiro atoms. The van der Waals surface area contributed by atoms with Crippen LogP contribution in [0.4, 0.5) is 0 Å². The van der Waals surface area contributed by atoms with Gasteiger partial charge in [0.2, 0.25) is 0 Å². The zero-order valence-electron chi connectivity index (χ0n) is 10.6. The summed E-state index contributed by atoms with van der Waals surface area (Å²) < 4.78 is 5.82.